The van der Waals surface area contributed by atoms with Gasteiger partial charge in [-0.15, -0.1) is 0 Å². The predicted octanol–water partition coefficient (Wildman–Crippen LogP) is 2.88. The molecule has 0 aliphatic carbocycles. The Morgan fingerprint density at radius 1 is 1.16 bits per heavy atom. The molecule has 2 aromatic rings. The second-order valence-electron chi connectivity index (χ2n) is 6.10. The monoisotopic (exact) mass is 338 g/mol. The molecular weight excluding hydrogens is 320 g/mol. The van der Waals surface area contributed by atoms with E-state index in [4.69, 9.17) is 9.47 Å². The van der Waals surface area contributed by atoms with Crippen molar-refractivity contribution in [3.63, 3.8) is 0 Å². The second-order valence-corrected chi connectivity index (χ2v) is 6.10. The second kappa shape index (κ2) is 6.57. The molecule has 0 aromatic heterocycles. The molecule has 128 valence electrons. The summed E-state index contributed by atoms with van der Waals surface area (Å²) in [5.41, 5.74) is 1.94. The molecule has 0 bridgehead atoms. The van der Waals surface area contributed by atoms with Crippen molar-refractivity contribution in [2.45, 2.75) is 25.0 Å². The summed E-state index contributed by atoms with van der Waals surface area (Å²) >= 11 is 0. The molecular formula is C19H18N2O4. The van der Waals surface area contributed by atoms with E-state index in [-0.39, 0.29) is 11.8 Å². The van der Waals surface area contributed by atoms with Gasteiger partial charge in [0.25, 0.3) is 11.8 Å². The highest BCUT2D eigenvalue weighted by atomic mass is 16.5. The lowest BCUT2D eigenvalue weighted by Crippen LogP contribution is -2.30. The van der Waals surface area contributed by atoms with Crippen LogP contribution in [0.15, 0.2) is 48.5 Å². The van der Waals surface area contributed by atoms with Crippen LogP contribution in [0.4, 0.5) is 11.4 Å². The lowest BCUT2D eigenvalue weighted by molar-refractivity contribution is -0.125. The minimum Gasteiger partial charge on any atom is -0.474 e. The number of carbonyl (C=O) groups is 2. The van der Waals surface area contributed by atoms with E-state index in [0.29, 0.717) is 23.7 Å². The summed E-state index contributed by atoms with van der Waals surface area (Å²) < 4.78 is 11.2. The third-order valence-corrected chi connectivity index (χ3v) is 4.31. The molecule has 0 radical (unpaired) electrons. The summed E-state index contributed by atoms with van der Waals surface area (Å²) in [6.45, 7) is 0.618. The quantitative estimate of drug-likeness (QED) is 0.902. The molecule has 2 N–H and O–H groups in total. The van der Waals surface area contributed by atoms with Gasteiger partial charge >= 0.3 is 0 Å². The minimum atomic E-state index is -0.680. The first-order chi connectivity index (χ1) is 12.2. The van der Waals surface area contributed by atoms with Crippen LogP contribution in [0.25, 0.3) is 0 Å². The SMILES string of the molecule is O=C(Nc1ccc2c(c1)NC(=O)C(c1ccccc1)O2)C1CCCO1. The Labute approximate surface area is 145 Å². The summed E-state index contributed by atoms with van der Waals surface area (Å²) in [5, 5.41) is 5.67. The molecule has 2 unspecified atom stereocenters. The summed E-state index contributed by atoms with van der Waals surface area (Å²) in [5.74, 6) is 0.174. The zero-order valence-corrected chi connectivity index (χ0v) is 13.5. The number of hydrogen-bond donors (Lipinski definition) is 2. The molecule has 6 nitrogen and oxygen atoms in total. The van der Waals surface area contributed by atoms with Crippen molar-refractivity contribution < 1.29 is 19.1 Å². The van der Waals surface area contributed by atoms with Crippen molar-refractivity contribution in [3.8, 4) is 5.75 Å². The van der Waals surface area contributed by atoms with Gasteiger partial charge in [-0.05, 0) is 31.0 Å². The van der Waals surface area contributed by atoms with E-state index in [2.05, 4.69) is 10.6 Å². The Hall–Kier alpha value is -2.86. The summed E-state index contributed by atoms with van der Waals surface area (Å²) in [4.78, 5) is 24.5. The van der Waals surface area contributed by atoms with Crippen LogP contribution in [0.1, 0.15) is 24.5 Å². The number of hydrogen-bond acceptors (Lipinski definition) is 4. The van der Waals surface area contributed by atoms with Gasteiger partial charge < -0.3 is 20.1 Å². The molecule has 25 heavy (non-hydrogen) atoms. The van der Waals surface area contributed by atoms with Gasteiger partial charge in [-0.2, -0.15) is 0 Å². The lowest BCUT2D eigenvalue weighted by Gasteiger charge is -2.26. The van der Waals surface area contributed by atoms with Gasteiger partial charge in [0, 0.05) is 17.9 Å². The maximum Gasteiger partial charge on any atom is 0.270 e. The average Bonchev–Trinajstić information content (AvgIpc) is 3.16. The molecule has 6 heteroatoms. The maximum atomic E-state index is 12.4. The summed E-state index contributed by atoms with van der Waals surface area (Å²) in [6.07, 6.45) is 0.549. The maximum absolute atomic E-state index is 12.4. The third-order valence-electron chi connectivity index (χ3n) is 4.31. The first kappa shape index (κ1) is 15.7. The standard InChI is InChI=1S/C19H18N2O4/c22-18(16-7-4-10-24-16)20-13-8-9-15-14(11-13)21-19(23)17(25-15)12-5-2-1-3-6-12/h1-3,5-6,8-9,11,16-17H,4,7,10H2,(H,20,22)(H,21,23). The van der Waals surface area contributed by atoms with E-state index >= 15 is 0 Å². The fourth-order valence-electron chi connectivity index (χ4n) is 3.04. The van der Waals surface area contributed by atoms with Gasteiger partial charge in [-0.3, -0.25) is 9.59 Å². The van der Waals surface area contributed by atoms with Crippen molar-refractivity contribution in [3.05, 3.63) is 54.1 Å². The number of ether oxygens (including phenoxy) is 2. The molecule has 0 saturated carbocycles. The number of nitrogens with one attached hydrogen (secondary N) is 2. The Balaban J connectivity index is 1.51. The van der Waals surface area contributed by atoms with Crippen LogP contribution in [0, 0.1) is 0 Å². The predicted molar refractivity (Wildman–Crippen MR) is 92.5 cm³/mol. The van der Waals surface area contributed by atoms with Crippen molar-refractivity contribution >= 4 is 23.2 Å². The van der Waals surface area contributed by atoms with Crippen molar-refractivity contribution in [2.24, 2.45) is 0 Å². The topological polar surface area (TPSA) is 76.7 Å². The fraction of sp³-hybridized carbons (Fsp3) is 0.263. The van der Waals surface area contributed by atoms with Crippen molar-refractivity contribution in [1.82, 2.24) is 0 Å². The van der Waals surface area contributed by atoms with Crippen LogP contribution in [0.3, 0.4) is 0 Å². The van der Waals surface area contributed by atoms with E-state index in [1.54, 1.807) is 18.2 Å². The number of carbonyl (C=O) groups excluding carboxylic acids is 2. The zero-order valence-electron chi connectivity index (χ0n) is 13.5. The van der Waals surface area contributed by atoms with Crippen LogP contribution in [-0.4, -0.2) is 24.5 Å². The molecule has 1 fully saturated rings. The molecule has 2 aliphatic heterocycles. The van der Waals surface area contributed by atoms with E-state index in [1.807, 2.05) is 30.3 Å². The smallest absolute Gasteiger partial charge is 0.270 e. The lowest BCUT2D eigenvalue weighted by atomic mass is 10.1. The normalized spacial score (nSPS) is 21.8. The van der Waals surface area contributed by atoms with Gasteiger partial charge in [0.2, 0.25) is 6.10 Å². The van der Waals surface area contributed by atoms with E-state index in [1.165, 1.54) is 0 Å². The summed E-state index contributed by atoms with van der Waals surface area (Å²) in [6, 6.07) is 14.5. The van der Waals surface area contributed by atoms with Gasteiger partial charge in [0.05, 0.1) is 5.69 Å². The van der Waals surface area contributed by atoms with Crippen LogP contribution < -0.4 is 15.4 Å². The van der Waals surface area contributed by atoms with Crippen LogP contribution in [0.2, 0.25) is 0 Å². The highest BCUT2D eigenvalue weighted by Gasteiger charge is 2.29. The molecule has 4 rings (SSSR count). The fourth-order valence-corrected chi connectivity index (χ4v) is 3.04. The molecule has 2 aliphatic rings. The number of rotatable bonds is 3. The molecule has 0 spiro atoms. The molecule has 2 atom stereocenters. The molecule has 1 saturated heterocycles. The largest absolute Gasteiger partial charge is 0.474 e. The first-order valence-electron chi connectivity index (χ1n) is 8.30. The number of benzene rings is 2. The number of amides is 2. The first-order valence-corrected chi connectivity index (χ1v) is 8.30. The minimum absolute atomic E-state index is 0.164. The molecule has 2 heterocycles. The van der Waals surface area contributed by atoms with Crippen LogP contribution >= 0.6 is 0 Å². The Bertz CT molecular complexity index is 800. The number of fused-ring (bicyclic) bond motifs is 1. The van der Waals surface area contributed by atoms with Gasteiger partial charge in [-0.1, -0.05) is 30.3 Å². The Morgan fingerprint density at radius 3 is 2.76 bits per heavy atom. The molecule has 2 aromatic carbocycles. The highest BCUT2D eigenvalue weighted by Crippen LogP contribution is 2.36. The Kier molecular flexibility index (Phi) is 4.11. The van der Waals surface area contributed by atoms with Crippen LogP contribution in [-0.2, 0) is 14.3 Å². The van der Waals surface area contributed by atoms with E-state index in [9.17, 15) is 9.59 Å². The van der Waals surface area contributed by atoms with Gasteiger partial charge in [0.1, 0.15) is 11.9 Å². The zero-order chi connectivity index (χ0) is 17.2. The van der Waals surface area contributed by atoms with Crippen LogP contribution in [0.5, 0.6) is 5.75 Å². The van der Waals surface area contributed by atoms with Gasteiger partial charge in [-0.25, -0.2) is 0 Å². The van der Waals surface area contributed by atoms with Crippen molar-refractivity contribution in [2.75, 3.05) is 17.2 Å². The Morgan fingerprint density at radius 2 is 2.00 bits per heavy atom. The average molecular weight is 338 g/mol. The number of anilines is 2. The third kappa shape index (κ3) is 3.21. The van der Waals surface area contributed by atoms with E-state index in [0.717, 1.165) is 18.4 Å². The van der Waals surface area contributed by atoms with Gasteiger partial charge in [0.15, 0.2) is 0 Å². The molecule has 2 amide bonds. The highest BCUT2D eigenvalue weighted by molar-refractivity contribution is 6.00. The summed E-state index contributed by atoms with van der Waals surface area (Å²) in [7, 11) is 0. The van der Waals surface area contributed by atoms with E-state index < -0.39 is 12.2 Å². The van der Waals surface area contributed by atoms with Crippen molar-refractivity contribution in [1.29, 1.82) is 0 Å².